The van der Waals surface area contributed by atoms with Gasteiger partial charge in [0.1, 0.15) is 6.21 Å². The first kappa shape index (κ1) is 12.7. The van der Waals surface area contributed by atoms with Crippen molar-refractivity contribution in [3.63, 3.8) is 0 Å². The van der Waals surface area contributed by atoms with E-state index in [1.807, 2.05) is 0 Å². The Labute approximate surface area is 97.9 Å². The van der Waals surface area contributed by atoms with Crippen LogP contribution >= 0.6 is 0 Å². The molecule has 90 valence electrons. The summed E-state index contributed by atoms with van der Waals surface area (Å²) in [4.78, 5) is 22.6. The number of amides is 1. The summed E-state index contributed by atoms with van der Waals surface area (Å²) in [5.74, 6) is -1.06. The summed E-state index contributed by atoms with van der Waals surface area (Å²) in [7, 11) is 1.28. The third-order valence-corrected chi connectivity index (χ3v) is 2.17. The molecule has 0 aliphatic heterocycles. The number of ether oxygens (including phenoxy) is 1. The number of esters is 1. The minimum Gasteiger partial charge on any atom is -0.465 e. The zero-order valence-corrected chi connectivity index (χ0v) is 9.43. The molecule has 0 fully saturated rings. The summed E-state index contributed by atoms with van der Waals surface area (Å²) in [5, 5.41) is 13.3. The van der Waals surface area contributed by atoms with Crippen LogP contribution in [0.5, 0.6) is 0 Å². The highest BCUT2D eigenvalue weighted by atomic mass is 16.5. The predicted molar refractivity (Wildman–Crippen MR) is 61.4 cm³/mol. The molecule has 0 atom stereocenters. The van der Waals surface area contributed by atoms with Crippen LogP contribution in [0.15, 0.2) is 23.4 Å². The molecule has 0 unspecified atom stereocenters. The normalized spacial score (nSPS) is 10.2. The van der Waals surface area contributed by atoms with Crippen LogP contribution in [0.4, 0.5) is 5.69 Å². The zero-order chi connectivity index (χ0) is 12.8. The standard InChI is InChI=1S/C11H12N2O4/c1-7-8(11(15)17-2)4-3-5-9(7)13-10(14)6-12-16/h3-6,16H,1-2H3,(H,13,14). The van der Waals surface area contributed by atoms with Gasteiger partial charge in [0.2, 0.25) is 0 Å². The van der Waals surface area contributed by atoms with Crippen LogP contribution in [0.25, 0.3) is 0 Å². The maximum Gasteiger partial charge on any atom is 0.338 e. The molecule has 1 amide bonds. The van der Waals surface area contributed by atoms with Gasteiger partial charge in [0.25, 0.3) is 5.91 Å². The summed E-state index contributed by atoms with van der Waals surface area (Å²) >= 11 is 0. The zero-order valence-electron chi connectivity index (χ0n) is 9.43. The van der Waals surface area contributed by atoms with Crippen molar-refractivity contribution < 1.29 is 19.5 Å². The Bertz CT molecular complexity index is 469. The Hall–Kier alpha value is -2.37. The van der Waals surface area contributed by atoms with Crippen LogP contribution in [-0.2, 0) is 9.53 Å². The molecule has 0 saturated heterocycles. The monoisotopic (exact) mass is 236 g/mol. The third-order valence-electron chi connectivity index (χ3n) is 2.17. The fourth-order valence-corrected chi connectivity index (χ4v) is 1.32. The van der Waals surface area contributed by atoms with Crippen molar-refractivity contribution in [3.05, 3.63) is 29.3 Å². The lowest BCUT2D eigenvalue weighted by atomic mass is 10.1. The number of carbonyl (C=O) groups is 2. The van der Waals surface area contributed by atoms with Crippen molar-refractivity contribution in [1.29, 1.82) is 0 Å². The van der Waals surface area contributed by atoms with Crippen molar-refractivity contribution >= 4 is 23.8 Å². The van der Waals surface area contributed by atoms with Gasteiger partial charge in [0.05, 0.1) is 12.7 Å². The van der Waals surface area contributed by atoms with E-state index in [0.29, 0.717) is 16.8 Å². The number of oxime groups is 1. The summed E-state index contributed by atoms with van der Waals surface area (Å²) < 4.78 is 4.61. The first-order valence-corrected chi connectivity index (χ1v) is 4.76. The van der Waals surface area contributed by atoms with Crippen LogP contribution in [0.3, 0.4) is 0 Å². The van der Waals surface area contributed by atoms with E-state index in [9.17, 15) is 9.59 Å². The van der Waals surface area contributed by atoms with E-state index >= 15 is 0 Å². The largest absolute Gasteiger partial charge is 0.465 e. The molecule has 1 rings (SSSR count). The Morgan fingerprint density at radius 3 is 2.76 bits per heavy atom. The number of methoxy groups -OCH3 is 1. The second-order valence-electron chi connectivity index (χ2n) is 3.20. The summed E-state index contributed by atoms with van der Waals surface area (Å²) in [6.45, 7) is 1.68. The molecule has 0 aromatic heterocycles. The van der Waals surface area contributed by atoms with Gasteiger partial charge in [-0.1, -0.05) is 11.2 Å². The molecule has 0 radical (unpaired) electrons. The first-order chi connectivity index (χ1) is 8.10. The van der Waals surface area contributed by atoms with Crippen LogP contribution < -0.4 is 5.32 Å². The van der Waals surface area contributed by atoms with Gasteiger partial charge in [-0.25, -0.2) is 4.79 Å². The number of hydrogen-bond donors (Lipinski definition) is 2. The number of rotatable bonds is 3. The van der Waals surface area contributed by atoms with Gasteiger partial charge < -0.3 is 15.3 Å². The number of hydrogen-bond acceptors (Lipinski definition) is 5. The molecular weight excluding hydrogens is 224 g/mol. The summed E-state index contributed by atoms with van der Waals surface area (Å²) in [6, 6.07) is 4.84. The van der Waals surface area contributed by atoms with Crippen LogP contribution in [0.1, 0.15) is 15.9 Å². The number of benzene rings is 1. The lowest BCUT2D eigenvalue weighted by Gasteiger charge is -2.09. The van der Waals surface area contributed by atoms with E-state index in [1.54, 1.807) is 25.1 Å². The molecule has 0 aliphatic carbocycles. The lowest BCUT2D eigenvalue weighted by Crippen LogP contribution is -2.15. The Kier molecular flexibility index (Phi) is 4.21. The van der Waals surface area contributed by atoms with Gasteiger partial charge in [-0.2, -0.15) is 0 Å². The Morgan fingerprint density at radius 1 is 1.47 bits per heavy atom. The first-order valence-electron chi connectivity index (χ1n) is 4.76. The van der Waals surface area contributed by atoms with Gasteiger partial charge in [0.15, 0.2) is 0 Å². The SMILES string of the molecule is COC(=O)c1cccc(NC(=O)C=NO)c1C. The molecule has 1 aromatic carbocycles. The van der Waals surface area contributed by atoms with Gasteiger partial charge in [-0.05, 0) is 24.6 Å². The lowest BCUT2D eigenvalue weighted by molar-refractivity contribution is -0.110. The molecule has 0 heterocycles. The highest BCUT2D eigenvalue weighted by molar-refractivity contribution is 6.31. The molecule has 1 aromatic rings. The summed E-state index contributed by atoms with van der Waals surface area (Å²) in [6.07, 6.45) is 0.726. The molecule has 0 saturated carbocycles. The van der Waals surface area contributed by atoms with Crippen molar-refractivity contribution in [3.8, 4) is 0 Å². The van der Waals surface area contributed by atoms with Crippen molar-refractivity contribution in [2.45, 2.75) is 6.92 Å². The molecular formula is C11H12N2O4. The molecule has 0 spiro atoms. The smallest absolute Gasteiger partial charge is 0.338 e. The van der Waals surface area contributed by atoms with Crippen molar-refractivity contribution in [2.75, 3.05) is 12.4 Å². The molecule has 6 heteroatoms. The fraction of sp³-hybridized carbons (Fsp3) is 0.182. The van der Waals surface area contributed by atoms with Gasteiger partial charge >= 0.3 is 5.97 Å². The van der Waals surface area contributed by atoms with E-state index in [-0.39, 0.29) is 0 Å². The predicted octanol–water partition coefficient (Wildman–Crippen LogP) is 1.18. The van der Waals surface area contributed by atoms with Crippen LogP contribution in [-0.4, -0.2) is 30.4 Å². The molecule has 0 bridgehead atoms. The summed E-state index contributed by atoms with van der Waals surface area (Å²) in [5.41, 5.74) is 1.41. The number of anilines is 1. The average molecular weight is 236 g/mol. The van der Waals surface area contributed by atoms with E-state index in [2.05, 4.69) is 15.2 Å². The van der Waals surface area contributed by atoms with Crippen LogP contribution in [0, 0.1) is 6.92 Å². The van der Waals surface area contributed by atoms with E-state index in [1.165, 1.54) is 7.11 Å². The van der Waals surface area contributed by atoms with Crippen molar-refractivity contribution in [1.82, 2.24) is 0 Å². The maximum atomic E-state index is 11.4. The molecule has 2 N–H and O–H groups in total. The van der Waals surface area contributed by atoms with Gasteiger partial charge in [-0.15, -0.1) is 0 Å². The van der Waals surface area contributed by atoms with E-state index in [0.717, 1.165) is 6.21 Å². The second-order valence-corrected chi connectivity index (χ2v) is 3.20. The minimum atomic E-state index is -0.586. The quantitative estimate of drug-likeness (QED) is 0.357. The average Bonchev–Trinajstić information content (AvgIpc) is 2.31. The molecule has 17 heavy (non-hydrogen) atoms. The Balaban J connectivity index is 3.02. The molecule has 6 nitrogen and oxygen atoms in total. The van der Waals surface area contributed by atoms with Gasteiger partial charge in [0, 0.05) is 5.69 Å². The Morgan fingerprint density at radius 2 is 2.18 bits per heavy atom. The van der Waals surface area contributed by atoms with E-state index < -0.39 is 11.9 Å². The van der Waals surface area contributed by atoms with Gasteiger partial charge in [-0.3, -0.25) is 4.79 Å². The fourth-order valence-electron chi connectivity index (χ4n) is 1.32. The third kappa shape index (κ3) is 3.04. The number of carbonyl (C=O) groups excluding carboxylic acids is 2. The maximum absolute atomic E-state index is 11.4. The van der Waals surface area contributed by atoms with Crippen molar-refractivity contribution in [2.24, 2.45) is 5.16 Å². The minimum absolute atomic E-state index is 0.367. The highest BCUT2D eigenvalue weighted by Gasteiger charge is 2.12. The highest BCUT2D eigenvalue weighted by Crippen LogP contribution is 2.19. The second kappa shape index (κ2) is 5.64. The topological polar surface area (TPSA) is 88.0 Å². The number of nitrogens with zero attached hydrogens (tertiary/aromatic N) is 1. The number of nitrogens with one attached hydrogen (secondary N) is 1. The van der Waals surface area contributed by atoms with E-state index in [4.69, 9.17) is 5.21 Å². The van der Waals surface area contributed by atoms with Crippen LogP contribution in [0.2, 0.25) is 0 Å². The molecule has 0 aliphatic rings.